The van der Waals surface area contributed by atoms with Crippen LogP contribution in [0.25, 0.3) is 11.1 Å². The number of rotatable bonds is 3. The van der Waals surface area contributed by atoms with Gasteiger partial charge in [-0.25, -0.2) is 0 Å². The quantitative estimate of drug-likeness (QED) is 0.933. The molecule has 0 aliphatic heterocycles. The maximum atomic E-state index is 6.20. The summed E-state index contributed by atoms with van der Waals surface area (Å²) < 4.78 is 7.22. The highest BCUT2D eigenvalue weighted by molar-refractivity contribution is 5.77. The molecule has 0 unspecified atom stereocenters. The Kier molecular flexibility index (Phi) is 3.75. The molecule has 0 saturated heterocycles. The van der Waals surface area contributed by atoms with Gasteiger partial charge in [-0.15, -0.1) is 0 Å². The van der Waals surface area contributed by atoms with Crippen LogP contribution >= 0.6 is 0 Å². The molecule has 4 nitrogen and oxygen atoms in total. The number of anilines is 1. The van der Waals surface area contributed by atoms with Crippen molar-refractivity contribution in [2.24, 2.45) is 7.05 Å². The van der Waals surface area contributed by atoms with Crippen LogP contribution in [0, 0.1) is 0 Å². The molecule has 0 saturated carbocycles. The Hall–Kier alpha value is -1.97. The van der Waals surface area contributed by atoms with Crippen LogP contribution in [0.3, 0.4) is 0 Å². The van der Waals surface area contributed by atoms with Crippen LogP contribution < -0.4 is 10.5 Å². The van der Waals surface area contributed by atoms with Crippen molar-refractivity contribution in [1.29, 1.82) is 0 Å². The van der Waals surface area contributed by atoms with E-state index in [9.17, 15) is 0 Å². The van der Waals surface area contributed by atoms with E-state index < -0.39 is 0 Å². The zero-order valence-corrected chi connectivity index (χ0v) is 12.9. The first-order valence-corrected chi connectivity index (χ1v) is 6.90. The van der Waals surface area contributed by atoms with Crippen LogP contribution in [-0.4, -0.2) is 16.4 Å². The normalized spacial score (nSPS) is 11.7. The monoisotopic (exact) mass is 273 g/mol. The van der Waals surface area contributed by atoms with E-state index in [1.807, 2.05) is 38.2 Å². The van der Waals surface area contributed by atoms with Gasteiger partial charge in [-0.1, -0.05) is 32.9 Å². The lowest BCUT2D eigenvalue weighted by atomic mass is 9.87. The molecule has 2 rings (SSSR count). The van der Waals surface area contributed by atoms with Crippen LogP contribution in [0.4, 0.5) is 5.82 Å². The molecule has 0 fully saturated rings. The van der Waals surface area contributed by atoms with Crippen molar-refractivity contribution >= 4 is 5.82 Å². The second-order valence-electron chi connectivity index (χ2n) is 5.94. The van der Waals surface area contributed by atoms with Crippen LogP contribution in [0.1, 0.15) is 33.4 Å². The minimum absolute atomic E-state index is 0.0523. The predicted octanol–water partition coefficient (Wildman–Crippen LogP) is 3.37. The molecule has 0 aliphatic carbocycles. The van der Waals surface area contributed by atoms with Crippen LogP contribution in [0.15, 0.2) is 24.3 Å². The first kappa shape index (κ1) is 14.4. The van der Waals surface area contributed by atoms with Crippen molar-refractivity contribution < 1.29 is 4.74 Å². The average molecular weight is 273 g/mol. The number of aryl methyl sites for hydroxylation is 1. The molecule has 0 bridgehead atoms. The Morgan fingerprint density at radius 2 is 1.80 bits per heavy atom. The van der Waals surface area contributed by atoms with Gasteiger partial charge in [0.05, 0.1) is 12.3 Å². The molecule has 2 aromatic rings. The third-order valence-corrected chi connectivity index (χ3v) is 3.26. The van der Waals surface area contributed by atoms with Gasteiger partial charge in [0.25, 0.3) is 0 Å². The lowest BCUT2D eigenvalue weighted by Gasteiger charge is -2.17. The van der Waals surface area contributed by atoms with E-state index in [1.165, 1.54) is 0 Å². The van der Waals surface area contributed by atoms with Gasteiger partial charge in [0.2, 0.25) is 0 Å². The largest absolute Gasteiger partial charge is 0.494 e. The zero-order valence-electron chi connectivity index (χ0n) is 12.9. The van der Waals surface area contributed by atoms with Crippen molar-refractivity contribution in [1.82, 2.24) is 9.78 Å². The molecule has 0 radical (unpaired) electrons. The molecule has 1 aromatic heterocycles. The molecule has 0 aliphatic rings. The molecular formula is C16H23N3O. The van der Waals surface area contributed by atoms with Gasteiger partial charge in [0, 0.05) is 18.0 Å². The summed E-state index contributed by atoms with van der Waals surface area (Å²) in [6.45, 7) is 9.08. The fraction of sp³-hybridized carbons (Fsp3) is 0.438. The van der Waals surface area contributed by atoms with Gasteiger partial charge in [0.15, 0.2) is 0 Å². The molecule has 108 valence electrons. The third kappa shape index (κ3) is 2.64. The van der Waals surface area contributed by atoms with E-state index in [1.54, 1.807) is 4.68 Å². The molecule has 0 spiro atoms. The number of nitrogens with zero attached hydrogens (tertiary/aromatic N) is 2. The van der Waals surface area contributed by atoms with E-state index >= 15 is 0 Å². The number of hydrogen-bond donors (Lipinski definition) is 1. The highest BCUT2D eigenvalue weighted by Crippen LogP contribution is 2.36. The van der Waals surface area contributed by atoms with Crippen LogP contribution in [0.2, 0.25) is 0 Å². The van der Waals surface area contributed by atoms with E-state index in [0.717, 1.165) is 22.6 Å². The summed E-state index contributed by atoms with van der Waals surface area (Å²) in [6, 6.07) is 8.01. The number of nitrogens with two attached hydrogens (primary N) is 1. The summed E-state index contributed by atoms with van der Waals surface area (Å²) in [6.07, 6.45) is 0. The maximum absolute atomic E-state index is 6.20. The molecule has 0 amide bonds. The van der Waals surface area contributed by atoms with Crippen LogP contribution in [0.5, 0.6) is 5.75 Å². The first-order chi connectivity index (χ1) is 9.34. The number of benzene rings is 1. The highest BCUT2D eigenvalue weighted by atomic mass is 16.5. The van der Waals surface area contributed by atoms with Crippen molar-refractivity contribution in [3.8, 4) is 16.9 Å². The SMILES string of the molecule is CCOc1ccc(-c2c(C(C)(C)C)nn(C)c2N)cc1. The van der Waals surface area contributed by atoms with Crippen LogP contribution in [-0.2, 0) is 12.5 Å². The summed E-state index contributed by atoms with van der Waals surface area (Å²) in [4.78, 5) is 0. The average Bonchev–Trinajstić information content (AvgIpc) is 2.68. The molecule has 20 heavy (non-hydrogen) atoms. The van der Waals surface area contributed by atoms with Crippen molar-refractivity contribution in [3.63, 3.8) is 0 Å². The Bertz CT molecular complexity index is 591. The van der Waals surface area contributed by atoms with E-state index in [4.69, 9.17) is 10.5 Å². The summed E-state index contributed by atoms with van der Waals surface area (Å²) >= 11 is 0. The van der Waals surface area contributed by atoms with Gasteiger partial charge in [-0.2, -0.15) is 5.10 Å². The lowest BCUT2D eigenvalue weighted by Crippen LogP contribution is -2.13. The molecule has 0 atom stereocenters. The van der Waals surface area contributed by atoms with Gasteiger partial charge < -0.3 is 10.5 Å². The topological polar surface area (TPSA) is 53.1 Å². The predicted molar refractivity (Wildman–Crippen MR) is 82.9 cm³/mol. The molecule has 2 N–H and O–H groups in total. The Morgan fingerprint density at radius 3 is 2.30 bits per heavy atom. The molecule has 1 heterocycles. The smallest absolute Gasteiger partial charge is 0.129 e. The second kappa shape index (κ2) is 5.19. The number of ether oxygens (including phenoxy) is 1. The Balaban J connectivity index is 2.51. The van der Waals surface area contributed by atoms with Gasteiger partial charge in [-0.05, 0) is 24.6 Å². The number of nitrogen functional groups attached to an aromatic ring is 1. The standard InChI is InChI=1S/C16H23N3O/c1-6-20-12-9-7-11(8-10-12)13-14(16(2,3)4)18-19(5)15(13)17/h7-10H,6,17H2,1-5H3. The maximum Gasteiger partial charge on any atom is 0.129 e. The highest BCUT2D eigenvalue weighted by Gasteiger charge is 2.25. The third-order valence-electron chi connectivity index (χ3n) is 3.26. The Morgan fingerprint density at radius 1 is 1.20 bits per heavy atom. The van der Waals surface area contributed by atoms with E-state index in [-0.39, 0.29) is 5.41 Å². The van der Waals surface area contributed by atoms with Gasteiger partial charge >= 0.3 is 0 Å². The first-order valence-electron chi connectivity index (χ1n) is 6.90. The Labute approximate surface area is 120 Å². The van der Waals surface area contributed by atoms with Crippen molar-refractivity contribution in [2.75, 3.05) is 12.3 Å². The number of hydrogen-bond acceptors (Lipinski definition) is 3. The summed E-state index contributed by atoms with van der Waals surface area (Å²) in [7, 11) is 1.88. The second-order valence-corrected chi connectivity index (χ2v) is 5.94. The molecular weight excluding hydrogens is 250 g/mol. The summed E-state index contributed by atoms with van der Waals surface area (Å²) in [5.74, 6) is 1.56. The van der Waals surface area contributed by atoms with Gasteiger partial charge in [0.1, 0.15) is 11.6 Å². The summed E-state index contributed by atoms with van der Waals surface area (Å²) in [5, 5.41) is 4.58. The van der Waals surface area contributed by atoms with E-state index in [2.05, 4.69) is 25.9 Å². The minimum atomic E-state index is -0.0523. The number of aromatic nitrogens is 2. The fourth-order valence-corrected chi connectivity index (χ4v) is 2.23. The fourth-order valence-electron chi connectivity index (χ4n) is 2.23. The molecule has 1 aromatic carbocycles. The van der Waals surface area contributed by atoms with Crippen molar-refractivity contribution in [2.45, 2.75) is 33.1 Å². The molecule has 4 heteroatoms. The summed E-state index contributed by atoms with van der Waals surface area (Å²) in [5.41, 5.74) is 9.25. The van der Waals surface area contributed by atoms with E-state index in [0.29, 0.717) is 12.4 Å². The minimum Gasteiger partial charge on any atom is -0.494 e. The van der Waals surface area contributed by atoms with Gasteiger partial charge in [-0.3, -0.25) is 4.68 Å². The zero-order chi connectivity index (χ0) is 14.9. The van der Waals surface area contributed by atoms with Crippen molar-refractivity contribution in [3.05, 3.63) is 30.0 Å². The lowest BCUT2D eigenvalue weighted by molar-refractivity contribution is 0.340.